The maximum absolute atomic E-state index is 5.45. The first-order valence-electron chi connectivity index (χ1n) is 5.02. The first kappa shape index (κ1) is 10.7. The predicted octanol–water partition coefficient (Wildman–Crippen LogP) is 2.02. The van der Waals surface area contributed by atoms with Gasteiger partial charge in [-0.15, -0.1) is 0 Å². The summed E-state index contributed by atoms with van der Waals surface area (Å²) in [6, 6.07) is 8.13. The highest BCUT2D eigenvalue weighted by molar-refractivity contribution is 5.78. The molecule has 0 bridgehead atoms. The summed E-state index contributed by atoms with van der Waals surface area (Å²) in [7, 11) is 0. The van der Waals surface area contributed by atoms with Gasteiger partial charge >= 0.3 is 0 Å². The van der Waals surface area contributed by atoms with E-state index in [0.717, 1.165) is 12.1 Å². The monoisotopic (exact) mass is 191 g/mol. The van der Waals surface area contributed by atoms with Gasteiger partial charge in [-0.1, -0.05) is 32.0 Å². The third-order valence-electron chi connectivity index (χ3n) is 1.89. The zero-order chi connectivity index (χ0) is 10.4. The molecule has 2 rings (SSSR count). The van der Waals surface area contributed by atoms with Crippen molar-refractivity contribution in [3.8, 4) is 0 Å². The quantitative estimate of drug-likeness (QED) is 0.789. The third-order valence-corrected chi connectivity index (χ3v) is 1.89. The van der Waals surface area contributed by atoms with Gasteiger partial charge in [0.2, 0.25) is 0 Å². The van der Waals surface area contributed by atoms with Crippen LogP contribution in [0, 0.1) is 0 Å². The molecule has 1 aromatic heterocycles. The second kappa shape index (κ2) is 5.40. The standard InChI is InChI=1S/C9H11N3.C2H6/c10-5-6-12-9-4-2-1-3-8(9)7-11-12;1-2/h1-4,7H,5-6,10H2;1-2H3. The minimum absolute atomic E-state index is 0.631. The van der Waals surface area contributed by atoms with Gasteiger partial charge in [0.05, 0.1) is 18.3 Å². The van der Waals surface area contributed by atoms with Crippen LogP contribution >= 0.6 is 0 Å². The Hall–Kier alpha value is -1.35. The zero-order valence-electron chi connectivity index (χ0n) is 8.77. The van der Waals surface area contributed by atoms with Crippen LogP contribution < -0.4 is 5.73 Å². The molecule has 0 spiro atoms. The lowest BCUT2D eigenvalue weighted by molar-refractivity contribution is 0.646. The van der Waals surface area contributed by atoms with Crippen LogP contribution in [0.1, 0.15) is 13.8 Å². The molecular formula is C11H17N3. The molecule has 0 saturated heterocycles. The van der Waals surface area contributed by atoms with Gasteiger partial charge in [0.25, 0.3) is 0 Å². The van der Waals surface area contributed by atoms with Gasteiger partial charge in [0.15, 0.2) is 0 Å². The SMILES string of the molecule is CC.NCCn1ncc2ccccc21. The molecule has 0 unspecified atom stereocenters. The Labute approximate surface area is 84.5 Å². The molecule has 0 radical (unpaired) electrons. The molecule has 14 heavy (non-hydrogen) atoms. The van der Waals surface area contributed by atoms with Gasteiger partial charge in [-0.2, -0.15) is 5.10 Å². The molecular weight excluding hydrogens is 174 g/mol. The van der Waals surface area contributed by atoms with E-state index in [1.165, 1.54) is 5.39 Å². The molecule has 1 heterocycles. The van der Waals surface area contributed by atoms with Crippen molar-refractivity contribution in [1.29, 1.82) is 0 Å². The molecule has 0 aliphatic carbocycles. The van der Waals surface area contributed by atoms with Crippen LogP contribution in [0.5, 0.6) is 0 Å². The smallest absolute Gasteiger partial charge is 0.0682 e. The second-order valence-electron chi connectivity index (χ2n) is 2.72. The fraction of sp³-hybridized carbons (Fsp3) is 0.364. The average Bonchev–Trinajstić information content (AvgIpc) is 2.66. The normalized spacial score (nSPS) is 9.64. The number of para-hydroxylation sites is 1. The topological polar surface area (TPSA) is 43.8 Å². The Morgan fingerprint density at radius 3 is 2.71 bits per heavy atom. The van der Waals surface area contributed by atoms with Crippen LogP contribution in [0.25, 0.3) is 10.9 Å². The highest BCUT2D eigenvalue weighted by atomic mass is 15.3. The van der Waals surface area contributed by atoms with E-state index in [1.54, 1.807) is 0 Å². The second-order valence-corrected chi connectivity index (χ2v) is 2.72. The lowest BCUT2D eigenvalue weighted by atomic mass is 10.3. The summed E-state index contributed by atoms with van der Waals surface area (Å²) >= 11 is 0. The Kier molecular flexibility index (Phi) is 4.13. The minimum atomic E-state index is 0.631. The molecule has 0 aliphatic rings. The van der Waals surface area contributed by atoms with Crippen molar-refractivity contribution in [1.82, 2.24) is 9.78 Å². The van der Waals surface area contributed by atoms with Crippen molar-refractivity contribution in [2.75, 3.05) is 6.54 Å². The van der Waals surface area contributed by atoms with Crippen LogP contribution in [0.15, 0.2) is 30.5 Å². The minimum Gasteiger partial charge on any atom is -0.329 e. The fourth-order valence-corrected chi connectivity index (χ4v) is 1.33. The van der Waals surface area contributed by atoms with Crippen molar-refractivity contribution < 1.29 is 0 Å². The molecule has 3 nitrogen and oxygen atoms in total. The molecule has 3 heteroatoms. The van der Waals surface area contributed by atoms with Gasteiger partial charge < -0.3 is 5.73 Å². The third kappa shape index (κ3) is 2.12. The number of hydrogen-bond donors (Lipinski definition) is 1. The van der Waals surface area contributed by atoms with Gasteiger partial charge in [0, 0.05) is 11.9 Å². The van der Waals surface area contributed by atoms with Crippen molar-refractivity contribution in [2.24, 2.45) is 5.73 Å². The fourth-order valence-electron chi connectivity index (χ4n) is 1.33. The Bertz CT molecular complexity index is 379. The van der Waals surface area contributed by atoms with Crippen LogP contribution in [0.2, 0.25) is 0 Å². The van der Waals surface area contributed by atoms with E-state index in [4.69, 9.17) is 5.73 Å². The molecule has 0 atom stereocenters. The number of fused-ring (bicyclic) bond motifs is 1. The van der Waals surface area contributed by atoms with Crippen LogP contribution in [-0.2, 0) is 6.54 Å². The number of nitrogens with zero attached hydrogens (tertiary/aromatic N) is 2. The lowest BCUT2D eigenvalue weighted by Crippen LogP contribution is -2.10. The Balaban J connectivity index is 0.000000461. The maximum Gasteiger partial charge on any atom is 0.0682 e. The van der Waals surface area contributed by atoms with Crippen LogP contribution in [0.4, 0.5) is 0 Å². The summed E-state index contributed by atoms with van der Waals surface area (Å²) in [5.74, 6) is 0. The summed E-state index contributed by atoms with van der Waals surface area (Å²) in [6.45, 7) is 5.42. The predicted molar refractivity (Wildman–Crippen MR) is 60.1 cm³/mol. The zero-order valence-corrected chi connectivity index (χ0v) is 8.77. The van der Waals surface area contributed by atoms with E-state index in [0.29, 0.717) is 6.54 Å². The Morgan fingerprint density at radius 1 is 1.29 bits per heavy atom. The maximum atomic E-state index is 5.45. The van der Waals surface area contributed by atoms with Gasteiger partial charge in [0.1, 0.15) is 0 Å². The van der Waals surface area contributed by atoms with E-state index >= 15 is 0 Å². The number of rotatable bonds is 2. The van der Waals surface area contributed by atoms with Gasteiger partial charge in [-0.3, -0.25) is 4.68 Å². The average molecular weight is 191 g/mol. The van der Waals surface area contributed by atoms with Crippen molar-refractivity contribution in [3.63, 3.8) is 0 Å². The van der Waals surface area contributed by atoms with Gasteiger partial charge in [-0.05, 0) is 6.07 Å². The van der Waals surface area contributed by atoms with E-state index < -0.39 is 0 Å². The van der Waals surface area contributed by atoms with Crippen LogP contribution in [-0.4, -0.2) is 16.3 Å². The summed E-state index contributed by atoms with van der Waals surface area (Å²) < 4.78 is 1.93. The number of hydrogen-bond acceptors (Lipinski definition) is 2. The lowest BCUT2D eigenvalue weighted by Gasteiger charge is -1.98. The molecule has 0 saturated carbocycles. The molecule has 1 aromatic carbocycles. The Morgan fingerprint density at radius 2 is 2.00 bits per heavy atom. The number of aromatic nitrogens is 2. The van der Waals surface area contributed by atoms with E-state index in [9.17, 15) is 0 Å². The molecule has 0 aliphatic heterocycles. The summed E-state index contributed by atoms with van der Waals surface area (Å²) in [4.78, 5) is 0. The molecule has 2 N–H and O–H groups in total. The highest BCUT2D eigenvalue weighted by Crippen LogP contribution is 2.11. The molecule has 2 aromatic rings. The van der Waals surface area contributed by atoms with Crippen molar-refractivity contribution >= 4 is 10.9 Å². The van der Waals surface area contributed by atoms with E-state index in [2.05, 4.69) is 17.2 Å². The molecule has 0 amide bonds. The summed E-state index contributed by atoms with van der Waals surface area (Å²) in [6.07, 6.45) is 1.87. The van der Waals surface area contributed by atoms with Gasteiger partial charge in [-0.25, -0.2) is 0 Å². The molecule has 76 valence electrons. The van der Waals surface area contributed by atoms with E-state index in [1.807, 2.05) is 36.9 Å². The number of benzene rings is 1. The van der Waals surface area contributed by atoms with Crippen molar-refractivity contribution in [2.45, 2.75) is 20.4 Å². The molecule has 0 fully saturated rings. The first-order valence-corrected chi connectivity index (χ1v) is 5.02. The van der Waals surface area contributed by atoms with Crippen LogP contribution in [0.3, 0.4) is 0 Å². The summed E-state index contributed by atoms with van der Waals surface area (Å²) in [5.41, 5.74) is 6.61. The highest BCUT2D eigenvalue weighted by Gasteiger charge is 1.98. The van der Waals surface area contributed by atoms with E-state index in [-0.39, 0.29) is 0 Å². The first-order chi connectivity index (χ1) is 6.92. The largest absolute Gasteiger partial charge is 0.329 e. The summed E-state index contributed by atoms with van der Waals surface area (Å²) in [5, 5.41) is 5.39. The van der Waals surface area contributed by atoms with Crippen molar-refractivity contribution in [3.05, 3.63) is 30.5 Å². The number of nitrogens with two attached hydrogens (primary N) is 1.